The van der Waals surface area contributed by atoms with Crippen LogP contribution in [-0.2, 0) is 6.54 Å². The van der Waals surface area contributed by atoms with E-state index in [1.54, 1.807) is 7.11 Å². The fourth-order valence-corrected chi connectivity index (χ4v) is 2.97. The first-order chi connectivity index (χ1) is 9.54. The number of rotatable bonds is 6. The van der Waals surface area contributed by atoms with Gasteiger partial charge < -0.3 is 14.8 Å². The van der Waals surface area contributed by atoms with Crippen molar-refractivity contribution in [2.75, 3.05) is 13.7 Å². The lowest BCUT2D eigenvalue weighted by atomic mass is 9.92. The molecule has 0 saturated heterocycles. The van der Waals surface area contributed by atoms with E-state index in [0.29, 0.717) is 18.1 Å². The summed E-state index contributed by atoms with van der Waals surface area (Å²) in [6.45, 7) is 8.25. The molecule has 20 heavy (non-hydrogen) atoms. The van der Waals surface area contributed by atoms with Crippen LogP contribution in [0.4, 0.5) is 0 Å². The largest absolute Gasteiger partial charge is 0.493 e. The summed E-state index contributed by atoms with van der Waals surface area (Å²) in [5, 5.41) is 3.66. The van der Waals surface area contributed by atoms with Gasteiger partial charge >= 0.3 is 0 Å². The maximum absolute atomic E-state index is 5.62. The van der Waals surface area contributed by atoms with Crippen LogP contribution in [0.1, 0.15) is 45.6 Å². The van der Waals surface area contributed by atoms with Gasteiger partial charge in [0.05, 0.1) is 13.7 Å². The third-order valence-electron chi connectivity index (χ3n) is 4.09. The molecule has 3 heteroatoms. The molecular weight excluding hydrogens is 250 g/mol. The Morgan fingerprint density at radius 1 is 1.30 bits per heavy atom. The Hall–Kier alpha value is -1.22. The predicted molar refractivity (Wildman–Crippen MR) is 82.4 cm³/mol. The van der Waals surface area contributed by atoms with Gasteiger partial charge in [0.25, 0.3) is 0 Å². The first-order valence-electron chi connectivity index (χ1n) is 7.57. The average Bonchev–Trinajstić information content (AvgIpc) is 2.77. The summed E-state index contributed by atoms with van der Waals surface area (Å²) in [6, 6.07) is 6.81. The van der Waals surface area contributed by atoms with Crippen LogP contribution in [0.25, 0.3) is 0 Å². The summed E-state index contributed by atoms with van der Waals surface area (Å²) in [6.07, 6.45) is 3.86. The van der Waals surface area contributed by atoms with E-state index in [-0.39, 0.29) is 0 Å². The molecule has 1 fully saturated rings. The molecule has 0 heterocycles. The lowest BCUT2D eigenvalue weighted by molar-refractivity contribution is 0.310. The fraction of sp³-hybridized carbons (Fsp3) is 0.647. The molecule has 0 bridgehead atoms. The van der Waals surface area contributed by atoms with E-state index in [2.05, 4.69) is 31.3 Å². The molecule has 1 N–H and O–H groups in total. The lowest BCUT2D eigenvalue weighted by Crippen LogP contribution is -2.26. The van der Waals surface area contributed by atoms with Crippen molar-refractivity contribution in [3.63, 3.8) is 0 Å². The highest BCUT2D eigenvalue weighted by Gasteiger charge is 2.30. The minimum atomic E-state index is 0.494. The van der Waals surface area contributed by atoms with Gasteiger partial charge in [0, 0.05) is 12.6 Å². The zero-order valence-corrected chi connectivity index (χ0v) is 13.2. The summed E-state index contributed by atoms with van der Waals surface area (Å²) < 4.78 is 10.9. The molecule has 0 radical (unpaired) electrons. The molecule has 1 atom stereocenters. The zero-order chi connectivity index (χ0) is 14.6. The van der Waals surface area contributed by atoms with Crippen molar-refractivity contribution >= 4 is 0 Å². The third-order valence-corrected chi connectivity index (χ3v) is 4.09. The van der Waals surface area contributed by atoms with E-state index in [4.69, 9.17) is 9.47 Å². The lowest BCUT2D eigenvalue weighted by Gasteiger charge is -2.18. The molecule has 1 aliphatic rings. The van der Waals surface area contributed by atoms with Crippen molar-refractivity contribution in [2.24, 2.45) is 5.41 Å². The molecule has 0 aliphatic heterocycles. The Kier molecular flexibility index (Phi) is 4.92. The van der Waals surface area contributed by atoms with E-state index in [1.165, 1.54) is 24.8 Å². The van der Waals surface area contributed by atoms with Crippen molar-refractivity contribution in [1.82, 2.24) is 5.32 Å². The molecule has 112 valence electrons. The number of nitrogens with one attached hydrogen (secondary N) is 1. The van der Waals surface area contributed by atoms with Gasteiger partial charge in [-0.15, -0.1) is 0 Å². The highest BCUT2D eigenvalue weighted by Crippen LogP contribution is 2.37. The van der Waals surface area contributed by atoms with Gasteiger partial charge in [-0.1, -0.05) is 19.9 Å². The molecule has 3 nitrogen and oxygen atoms in total. The molecule has 1 aromatic rings. The smallest absolute Gasteiger partial charge is 0.161 e. The van der Waals surface area contributed by atoms with Crippen LogP contribution in [0.5, 0.6) is 11.5 Å². The van der Waals surface area contributed by atoms with Crippen molar-refractivity contribution in [1.29, 1.82) is 0 Å². The first-order valence-corrected chi connectivity index (χ1v) is 7.57. The van der Waals surface area contributed by atoms with Gasteiger partial charge in [-0.2, -0.15) is 0 Å². The molecule has 2 rings (SSSR count). The molecule has 1 aromatic carbocycles. The van der Waals surface area contributed by atoms with Crippen LogP contribution in [0.15, 0.2) is 18.2 Å². The summed E-state index contributed by atoms with van der Waals surface area (Å²) >= 11 is 0. The topological polar surface area (TPSA) is 30.5 Å². The van der Waals surface area contributed by atoms with Crippen LogP contribution >= 0.6 is 0 Å². The van der Waals surface area contributed by atoms with Gasteiger partial charge in [-0.05, 0) is 49.3 Å². The van der Waals surface area contributed by atoms with Crippen molar-refractivity contribution in [3.05, 3.63) is 23.8 Å². The van der Waals surface area contributed by atoms with Crippen LogP contribution in [0, 0.1) is 5.41 Å². The van der Waals surface area contributed by atoms with Gasteiger partial charge in [-0.3, -0.25) is 0 Å². The van der Waals surface area contributed by atoms with Crippen molar-refractivity contribution < 1.29 is 9.47 Å². The van der Waals surface area contributed by atoms with Crippen molar-refractivity contribution in [2.45, 2.75) is 52.6 Å². The fourth-order valence-electron chi connectivity index (χ4n) is 2.97. The second-order valence-electron chi connectivity index (χ2n) is 6.40. The van der Waals surface area contributed by atoms with E-state index in [0.717, 1.165) is 18.0 Å². The van der Waals surface area contributed by atoms with Crippen LogP contribution < -0.4 is 14.8 Å². The van der Waals surface area contributed by atoms with Gasteiger partial charge in [0.15, 0.2) is 11.5 Å². The molecule has 1 saturated carbocycles. The Labute approximate surface area is 122 Å². The molecule has 1 aliphatic carbocycles. The maximum Gasteiger partial charge on any atom is 0.161 e. The molecule has 1 unspecified atom stereocenters. The van der Waals surface area contributed by atoms with E-state index < -0.39 is 0 Å². The second kappa shape index (κ2) is 6.49. The number of ether oxygens (including phenoxy) is 2. The zero-order valence-electron chi connectivity index (χ0n) is 13.2. The van der Waals surface area contributed by atoms with E-state index in [1.807, 2.05) is 13.0 Å². The normalized spacial score (nSPS) is 20.9. The summed E-state index contributed by atoms with van der Waals surface area (Å²) in [7, 11) is 1.68. The van der Waals surface area contributed by atoms with E-state index >= 15 is 0 Å². The molecule has 0 spiro atoms. The SMILES string of the molecule is CCOc1cc(CNC2CCC(C)(C)C2)ccc1OC. The minimum Gasteiger partial charge on any atom is -0.493 e. The number of benzene rings is 1. The van der Waals surface area contributed by atoms with Gasteiger partial charge in [0.2, 0.25) is 0 Å². The highest BCUT2D eigenvalue weighted by molar-refractivity contribution is 5.42. The Morgan fingerprint density at radius 2 is 2.10 bits per heavy atom. The summed E-state index contributed by atoms with van der Waals surface area (Å²) in [5.41, 5.74) is 1.74. The molecule has 0 amide bonds. The number of hydrogen-bond donors (Lipinski definition) is 1. The quantitative estimate of drug-likeness (QED) is 0.858. The van der Waals surface area contributed by atoms with Crippen LogP contribution in [-0.4, -0.2) is 19.8 Å². The second-order valence-corrected chi connectivity index (χ2v) is 6.40. The first kappa shape index (κ1) is 15.2. The third kappa shape index (κ3) is 3.89. The minimum absolute atomic E-state index is 0.494. The Morgan fingerprint density at radius 3 is 2.70 bits per heavy atom. The Balaban J connectivity index is 1.94. The standard InChI is InChI=1S/C17H27NO2/c1-5-20-16-10-13(6-7-15(16)19-4)12-18-14-8-9-17(2,3)11-14/h6-7,10,14,18H,5,8-9,11-12H2,1-4H3. The number of hydrogen-bond acceptors (Lipinski definition) is 3. The summed E-state index contributed by atoms with van der Waals surface area (Å²) in [4.78, 5) is 0. The Bertz CT molecular complexity index is 443. The van der Waals surface area contributed by atoms with Gasteiger partial charge in [-0.25, -0.2) is 0 Å². The van der Waals surface area contributed by atoms with Crippen LogP contribution in [0.3, 0.4) is 0 Å². The maximum atomic E-state index is 5.62. The van der Waals surface area contributed by atoms with Crippen molar-refractivity contribution in [3.8, 4) is 11.5 Å². The van der Waals surface area contributed by atoms with Crippen LogP contribution in [0.2, 0.25) is 0 Å². The van der Waals surface area contributed by atoms with E-state index in [9.17, 15) is 0 Å². The molecule has 0 aromatic heterocycles. The molecular formula is C17H27NO2. The highest BCUT2D eigenvalue weighted by atomic mass is 16.5. The van der Waals surface area contributed by atoms with Gasteiger partial charge in [0.1, 0.15) is 0 Å². The summed E-state index contributed by atoms with van der Waals surface area (Å²) in [5.74, 6) is 1.64. The average molecular weight is 277 g/mol. The number of methoxy groups -OCH3 is 1. The monoisotopic (exact) mass is 277 g/mol. The predicted octanol–water partition coefficient (Wildman–Crippen LogP) is 3.76.